The zero-order chi connectivity index (χ0) is 15.0. The minimum absolute atomic E-state index is 0.386. The van der Waals surface area contributed by atoms with E-state index in [2.05, 4.69) is 14.9 Å². The fourth-order valence-corrected chi connectivity index (χ4v) is 1.74. The van der Waals surface area contributed by atoms with Crippen LogP contribution in [-0.4, -0.2) is 41.5 Å². The number of amides is 1. The summed E-state index contributed by atoms with van der Waals surface area (Å²) in [6, 6.07) is 0. The van der Waals surface area contributed by atoms with Crippen LogP contribution in [0.2, 0.25) is 0 Å². The molecule has 0 fully saturated rings. The second-order valence-corrected chi connectivity index (χ2v) is 5.60. The molecule has 0 atom stereocenters. The lowest BCUT2D eigenvalue weighted by Crippen LogP contribution is -2.33. The Morgan fingerprint density at radius 3 is 2.85 bits per heavy atom. The summed E-state index contributed by atoms with van der Waals surface area (Å²) < 4.78 is 12.3. The number of nitrogens with zero attached hydrogens (tertiary/aromatic N) is 2. The van der Waals surface area contributed by atoms with Gasteiger partial charge in [-0.1, -0.05) is 0 Å². The van der Waals surface area contributed by atoms with Gasteiger partial charge >= 0.3 is 6.09 Å². The molecule has 0 bridgehead atoms. The Hall–Kier alpha value is -1.56. The smallest absolute Gasteiger partial charge is 0.407 e. The van der Waals surface area contributed by atoms with Crippen LogP contribution in [0.15, 0.2) is 12.5 Å². The van der Waals surface area contributed by atoms with E-state index in [1.165, 1.54) is 0 Å². The maximum absolute atomic E-state index is 11.5. The molecule has 1 N–H and O–H groups in total. The summed E-state index contributed by atoms with van der Waals surface area (Å²) in [5.74, 6) is 0. The van der Waals surface area contributed by atoms with Crippen LogP contribution in [-0.2, 0) is 22.4 Å². The molecule has 0 aliphatic rings. The van der Waals surface area contributed by atoms with Crippen LogP contribution < -0.4 is 5.32 Å². The zero-order valence-corrected chi connectivity index (χ0v) is 12.8. The minimum atomic E-state index is -0.466. The van der Waals surface area contributed by atoms with Crippen LogP contribution in [0.4, 0.5) is 4.79 Å². The number of imidazole rings is 1. The molecule has 1 rings (SSSR count). The van der Waals surface area contributed by atoms with Crippen molar-refractivity contribution in [1.82, 2.24) is 14.9 Å². The lowest BCUT2D eigenvalue weighted by atomic mass is 10.2. The summed E-state index contributed by atoms with van der Waals surface area (Å²) in [5.41, 5.74) is 0.628. The Bertz CT molecular complexity index is 410. The fraction of sp³-hybridized carbons (Fsp3) is 0.714. The number of nitrogens with one attached hydrogen (secondary N) is 1. The first-order valence-electron chi connectivity index (χ1n) is 6.87. The lowest BCUT2D eigenvalue weighted by molar-refractivity contribution is 0.0528. The first-order chi connectivity index (χ1) is 9.42. The molecule has 1 aromatic heterocycles. The number of carbonyl (C=O) groups excluding carboxylic acids is 1. The zero-order valence-electron chi connectivity index (χ0n) is 12.8. The van der Waals surface area contributed by atoms with Gasteiger partial charge in [-0.15, -0.1) is 0 Å². The number of rotatable bonds is 7. The van der Waals surface area contributed by atoms with Crippen LogP contribution in [0.5, 0.6) is 0 Å². The van der Waals surface area contributed by atoms with E-state index in [4.69, 9.17) is 9.47 Å². The fourth-order valence-electron chi connectivity index (χ4n) is 1.74. The Morgan fingerprint density at radius 2 is 2.20 bits per heavy atom. The molecule has 0 aliphatic carbocycles. The van der Waals surface area contributed by atoms with E-state index < -0.39 is 5.60 Å². The first kappa shape index (κ1) is 16.5. The summed E-state index contributed by atoms with van der Waals surface area (Å²) in [5, 5.41) is 2.75. The third-order valence-electron chi connectivity index (χ3n) is 2.60. The van der Waals surface area contributed by atoms with Gasteiger partial charge in [-0.25, -0.2) is 9.78 Å². The third-order valence-corrected chi connectivity index (χ3v) is 2.60. The summed E-state index contributed by atoms with van der Waals surface area (Å²) in [6.45, 7) is 7.67. The van der Waals surface area contributed by atoms with Crippen molar-refractivity contribution in [2.24, 2.45) is 0 Å². The van der Waals surface area contributed by atoms with E-state index in [0.29, 0.717) is 6.54 Å². The van der Waals surface area contributed by atoms with Gasteiger partial charge in [0.05, 0.1) is 6.33 Å². The molecule has 0 saturated carbocycles. The van der Waals surface area contributed by atoms with Gasteiger partial charge in [0.15, 0.2) is 0 Å². The highest BCUT2D eigenvalue weighted by Crippen LogP contribution is 2.06. The largest absolute Gasteiger partial charge is 0.444 e. The van der Waals surface area contributed by atoms with Crippen LogP contribution in [0.25, 0.3) is 0 Å². The van der Waals surface area contributed by atoms with E-state index in [1.807, 2.05) is 27.0 Å². The molecule has 0 saturated heterocycles. The van der Waals surface area contributed by atoms with Gasteiger partial charge in [-0.2, -0.15) is 0 Å². The van der Waals surface area contributed by atoms with Gasteiger partial charge in [0, 0.05) is 45.1 Å². The predicted molar refractivity (Wildman–Crippen MR) is 76.7 cm³/mol. The maximum Gasteiger partial charge on any atom is 0.407 e. The van der Waals surface area contributed by atoms with E-state index in [1.54, 1.807) is 13.4 Å². The van der Waals surface area contributed by atoms with Gasteiger partial charge in [0.2, 0.25) is 0 Å². The van der Waals surface area contributed by atoms with Crippen molar-refractivity contribution < 1.29 is 14.3 Å². The number of aryl methyl sites for hydroxylation is 1. The summed E-state index contributed by atoms with van der Waals surface area (Å²) in [6.07, 6.45) is 4.91. The van der Waals surface area contributed by atoms with Crippen LogP contribution >= 0.6 is 0 Å². The number of aromatic nitrogens is 2. The standard InChI is InChI=1S/C14H25N3O3/c1-14(2,3)20-13(18)16-7-6-12-10-15-11-17(12)8-5-9-19-4/h10-11H,5-9H2,1-4H3,(H,16,18). The van der Waals surface area contributed by atoms with E-state index in [-0.39, 0.29) is 6.09 Å². The topological polar surface area (TPSA) is 65.4 Å². The molecule has 1 aromatic rings. The van der Waals surface area contributed by atoms with Crippen molar-refractivity contribution in [3.8, 4) is 0 Å². The molecular weight excluding hydrogens is 258 g/mol. The number of carbonyl (C=O) groups is 1. The molecule has 6 nitrogen and oxygen atoms in total. The molecule has 0 unspecified atom stereocenters. The monoisotopic (exact) mass is 283 g/mol. The van der Waals surface area contributed by atoms with Crippen molar-refractivity contribution in [3.63, 3.8) is 0 Å². The number of methoxy groups -OCH3 is 1. The summed E-state index contributed by atoms with van der Waals surface area (Å²) >= 11 is 0. The average Bonchev–Trinajstić information content (AvgIpc) is 2.75. The predicted octanol–water partition coefficient (Wildman–Crippen LogP) is 1.99. The first-order valence-corrected chi connectivity index (χ1v) is 6.87. The molecule has 1 amide bonds. The number of hydrogen-bond acceptors (Lipinski definition) is 4. The third kappa shape index (κ3) is 6.56. The van der Waals surface area contributed by atoms with E-state index in [9.17, 15) is 4.79 Å². The highest BCUT2D eigenvalue weighted by atomic mass is 16.6. The molecular formula is C14H25N3O3. The van der Waals surface area contributed by atoms with Crippen molar-refractivity contribution in [2.75, 3.05) is 20.3 Å². The van der Waals surface area contributed by atoms with Crippen molar-refractivity contribution in [1.29, 1.82) is 0 Å². The van der Waals surface area contributed by atoms with Crippen molar-refractivity contribution >= 4 is 6.09 Å². The molecule has 20 heavy (non-hydrogen) atoms. The number of hydrogen-bond donors (Lipinski definition) is 1. The van der Waals surface area contributed by atoms with E-state index >= 15 is 0 Å². The quantitative estimate of drug-likeness (QED) is 0.777. The molecule has 0 aliphatic heterocycles. The van der Waals surface area contributed by atoms with Gasteiger partial charge in [-0.3, -0.25) is 0 Å². The lowest BCUT2D eigenvalue weighted by Gasteiger charge is -2.19. The van der Waals surface area contributed by atoms with Gasteiger partial charge < -0.3 is 19.4 Å². The van der Waals surface area contributed by atoms with Gasteiger partial charge in [0.1, 0.15) is 5.60 Å². The van der Waals surface area contributed by atoms with Crippen LogP contribution in [0.3, 0.4) is 0 Å². The van der Waals surface area contributed by atoms with Gasteiger partial charge in [0.25, 0.3) is 0 Å². The molecule has 0 radical (unpaired) electrons. The second kappa shape index (κ2) is 7.89. The van der Waals surface area contributed by atoms with Gasteiger partial charge in [-0.05, 0) is 27.2 Å². The minimum Gasteiger partial charge on any atom is -0.444 e. The SMILES string of the molecule is COCCCn1cncc1CCNC(=O)OC(C)(C)C. The Labute approximate surface area is 120 Å². The number of ether oxygens (including phenoxy) is 2. The summed E-state index contributed by atoms with van der Waals surface area (Å²) in [7, 11) is 1.69. The van der Waals surface area contributed by atoms with Crippen molar-refractivity contribution in [3.05, 3.63) is 18.2 Å². The highest BCUT2D eigenvalue weighted by molar-refractivity contribution is 5.67. The normalized spacial score (nSPS) is 11.4. The maximum atomic E-state index is 11.5. The Balaban J connectivity index is 2.31. The van der Waals surface area contributed by atoms with Crippen LogP contribution in [0.1, 0.15) is 32.9 Å². The summed E-state index contributed by atoms with van der Waals surface area (Å²) in [4.78, 5) is 15.6. The Kier molecular flexibility index (Phi) is 6.51. The van der Waals surface area contributed by atoms with Crippen molar-refractivity contribution in [2.45, 2.75) is 45.8 Å². The molecule has 0 aromatic carbocycles. The molecule has 0 spiro atoms. The van der Waals surface area contributed by atoms with E-state index in [0.717, 1.165) is 31.7 Å². The molecule has 6 heteroatoms. The molecule has 114 valence electrons. The molecule has 1 heterocycles. The Morgan fingerprint density at radius 1 is 1.45 bits per heavy atom. The average molecular weight is 283 g/mol. The van der Waals surface area contributed by atoms with Crippen LogP contribution in [0, 0.1) is 0 Å². The second-order valence-electron chi connectivity index (χ2n) is 5.60. The highest BCUT2D eigenvalue weighted by Gasteiger charge is 2.15. The number of alkyl carbamates (subject to hydrolysis) is 1.